The molecule has 0 saturated heterocycles. The van der Waals surface area contributed by atoms with Gasteiger partial charge in [0.25, 0.3) is 0 Å². The van der Waals surface area contributed by atoms with Crippen LogP contribution in [0.25, 0.3) is 0 Å². The van der Waals surface area contributed by atoms with Gasteiger partial charge < -0.3 is 10.1 Å². The van der Waals surface area contributed by atoms with E-state index < -0.39 is 0 Å². The highest BCUT2D eigenvalue weighted by Gasteiger charge is 2.33. The average molecular weight is 269 g/mol. The molecule has 0 amide bonds. The number of ether oxygens (including phenoxy) is 1. The van der Waals surface area contributed by atoms with E-state index in [-0.39, 0.29) is 12.1 Å². The lowest BCUT2D eigenvalue weighted by Gasteiger charge is -2.38. The van der Waals surface area contributed by atoms with Crippen LogP contribution in [0.4, 0.5) is 0 Å². The van der Waals surface area contributed by atoms with Crippen LogP contribution in [-0.2, 0) is 9.53 Å². The lowest BCUT2D eigenvalue weighted by Crippen LogP contribution is -2.34. The van der Waals surface area contributed by atoms with Gasteiger partial charge in [0.15, 0.2) is 0 Å². The highest BCUT2D eigenvalue weighted by atomic mass is 16.5. The van der Waals surface area contributed by atoms with Gasteiger partial charge >= 0.3 is 5.97 Å². The van der Waals surface area contributed by atoms with Crippen molar-refractivity contribution in [2.75, 3.05) is 6.54 Å². The maximum absolute atomic E-state index is 11.8. The van der Waals surface area contributed by atoms with Crippen molar-refractivity contribution in [3.8, 4) is 0 Å². The molecule has 0 spiro atoms. The van der Waals surface area contributed by atoms with Crippen molar-refractivity contribution >= 4 is 5.97 Å². The van der Waals surface area contributed by atoms with Crippen molar-refractivity contribution in [3.63, 3.8) is 0 Å². The van der Waals surface area contributed by atoms with E-state index in [1.807, 2.05) is 0 Å². The molecule has 0 aromatic heterocycles. The number of carbonyl (C=O) groups is 1. The van der Waals surface area contributed by atoms with Crippen LogP contribution < -0.4 is 5.32 Å². The second-order valence-corrected chi connectivity index (χ2v) is 7.24. The summed E-state index contributed by atoms with van der Waals surface area (Å²) in [4.78, 5) is 11.8. The fraction of sp³-hybridized carbons (Fsp3) is 0.938. The zero-order chi connectivity index (χ0) is 14.5. The van der Waals surface area contributed by atoms with Crippen molar-refractivity contribution in [3.05, 3.63) is 0 Å². The molecule has 0 heterocycles. The van der Waals surface area contributed by atoms with Gasteiger partial charge in [-0.25, -0.2) is 0 Å². The minimum atomic E-state index is -0.0274. The van der Waals surface area contributed by atoms with Gasteiger partial charge in [0.05, 0.1) is 0 Å². The molecular weight excluding hydrogens is 238 g/mol. The lowest BCUT2D eigenvalue weighted by molar-refractivity contribution is -0.153. The molecular formula is C16H31NO2. The van der Waals surface area contributed by atoms with Crippen LogP contribution in [0.3, 0.4) is 0 Å². The van der Waals surface area contributed by atoms with Crippen LogP contribution in [-0.4, -0.2) is 24.7 Å². The van der Waals surface area contributed by atoms with Crippen molar-refractivity contribution in [1.29, 1.82) is 0 Å². The molecule has 0 bridgehead atoms. The predicted octanol–water partition coefficient (Wildman–Crippen LogP) is 3.52. The summed E-state index contributed by atoms with van der Waals surface area (Å²) >= 11 is 0. The predicted molar refractivity (Wildman–Crippen MR) is 79.0 cm³/mol. The first-order chi connectivity index (χ1) is 8.78. The normalized spacial score (nSPS) is 26.4. The van der Waals surface area contributed by atoms with E-state index in [4.69, 9.17) is 4.74 Å². The average Bonchev–Trinajstić information content (AvgIpc) is 2.21. The maximum atomic E-state index is 11.8. The Labute approximate surface area is 118 Å². The Hall–Kier alpha value is -0.570. The summed E-state index contributed by atoms with van der Waals surface area (Å²) < 4.78 is 5.64. The molecule has 0 aromatic rings. The van der Waals surface area contributed by atoms with Crippen LogP contribution >= 0.6 is 0 Å². The molecule has 3 nitrogen and oxygen atoms in total. The van der Waals surface area contributed by atoms with Crippen molar-refractivity contribution < 1.29 is 9.53 Å². The first kappa shape index (κ1) is 16.5. The van der Waals surface area contributed by atoms with Gasteiger partial charge in [0.2, 0.25) is 0 Å². The zero-order valence-electron chi connectivity index (χ0n) is 13.3. The molecule has 1 fully saturated rings. The molecule has 1 rings (SSSR count). The Balaban J connectivity index is 2.24. The van der Waals surface area contributed by atoms with Crippen LogP contribution in [0.2, 0.25) is 0 Å². The van der Waals surface area contributed by atoms with E-state index in [1.165, 1.54) is 6.42 Å². The molecule has 19 heavy (non-hydrogen) atoms. The van der Waals surface area contributed by atoms with Gasteiger partial charge in [-0.1, -0.05) is 34.6 Å². The largest absolute Gasteiger partial charge is 0.462 e. The van der Waals surface area contributed by atoms with Gasteiger partial charge in [0, 0.05) is 12.5 Å². The third-order valence-electron chi connectivity index (χ3n) is 3.75. The highest BCUT2D eigenvalue weighted by molar-refractivity contribution is 5.69. The van der Waals surface area contributed by atoms with Crippen molar-refractivity contribution in [1.82, 2.24) is 5.32 Å². The van der Waals surface area contributed by atoms with Crippen LogP contribution in [0.5, 0.6) is 0 Å². The molecule has 1 N–H and O–H groups in total. The number of hydrogen-bond acceptors (Lipinski definition) is 3. The van der Waals surface area contributed by atoms with E-state index in [9.17, 15) is 4.79 Å². The number of esters is 1. The number of hydrogen-bond donors (Lipinski definition) is 1. The Kier molecular flexibility index (Phi) is 6.31. The Morgan fingerprint density at radius 1 is 1.37 bits per heavy atom. The van der Waals surface area contributed by atoms with Crippen LogP contribution in [0.1, 0.15) is 66.7 Å². The van der Waals surface area contributed by atoms with Crippen LogP contribution in [0.15, 0.2) is 0 Å². The summed E-state index contributed by atoms with van der Waals surface area (Å²) in [6.07, 6.45) is 4.80. The second kappa shape index (κ2) is 7.28. The second-order valence-electron chi connectivity index (χ2n) is 7.24. The Bertz CT molecular complexity index is 286. The van der Waals surface area contributed by atoms with Gasteiger partial charge in [-0.3, -0.25) is 4.79 Å². The van der Waals surface area contributed by atoms with Gasteiger partial charge in [0.1, 0.15) is 6.10 Å². The van der Waals surface area contributed by atoms with Gasteiger partial charge in [-0.15, -0.1) is 0 Å². The van der Waals surface area contributed by atoms with Crippen LogP contribution in [0, 0.1) is 11.3 Å². The molecule has 112 valence electrons. The molecule has 1 aliphatic rings. The molecule has 2 atom stereocenters. The first-order valence-corrected chi connectivity index (χ1v) is 7.71. The fourth-order valence-electron chi connectivity index (χ4n) is 3.22. The topological polar surface area (TPSA) is 38.3 Å². The molecule has 1 aliphatic carbocycles. The quantitative estimate of drug-likeness (QED) is 0.592. The van der Waals surface area contributed by atoms with Gasteiger partial charge in [-0.05, 0) is 43.6 Å². The summed E-state index contributed by atoms with van der Waals surface area (Å²) in [5.74, 6) is 0.629. The lowest BCUT2D eigenvalue weighted by atomic mass is 9.71. The smallest absolute Gasteiger partial charge is 0.306 e. The SMILES string of the molecule is CC1CC(OC(=O)CCCNC(C)C)CC(C)(C)C1. The molecule has 0 aliphatic heterocycles. The summed E-state index contributed by atoms with van der Waals surface area (Å²) in [6.45, 7) is 11.9. The highest BCUT2D eigenvalue weighted by Crippen LogP contribution is 2.39. The van der Waals surface area contributed by atoms with Gasteiger partial charge in [-0.2, -0.15) is 0 Å². The van der Waals surface area contributed by atoms with Crippen molar-refractivity contribution in [2.45, 2.75) is 78.9 Å². The monoisotopic (exact) mass is 269 g/mol. The number of carbonyl (C=O) groups excluding carboxylic acids is 1. The number of rotatable bonds is 6. The minimum Gasteiger partial charge on any atom is -0.462 e. The summed E-state index contributed by atoms with van der Waals surface area (Å²) in [5, 5.41) is 3.32. The molecule has 2 unspecified atom stereocenters. The number of nitrogens with one attached hydrogen (secondary N) is 1. The van der Waals surface area contributed by atoms with E-state index in [0.717, 1.165) is 25.8 Å². The molecule has 1 saturated carbocycles. The summed E-state index contributed by atoms with van der Waals surface area (Å²) in [5.41, 5.74) is 0.307. The van der Waals surface area contributed by atoms with E-state index in [2.05, 4.69) is 39.9 Å². The third kappa shape index (κ3) is 6.95. The third-order valence-corrected chi connectivity index (χ3v) is 3.75. The first-order valence-electron chi connectivity index (χ1n) is 7.71. The maximum Gasteiger partial charge on any atom is 0.306 e. The van der Waals surface area contributed by atoms with E-state index in [0.29, 0.717) is 23.8 Å². The molecule has 0 radical (unpaired) electrons. The summed E-state index contributed by atoms with van der Waals surface area (Å²) in [7, 11) is 0. The minimum absolute atomic E-state index is 0.0274. The fourth-order valence-corrected chi connectivity index (χ4v) is 3.22. The molecule has 0 aromatic carbocycles. The zero-order valence-corrected chi connectivity index (χ0v) is 13.3. The van der Waals surface area contributed by atoms with Crippen molar-refractivity contribution in [2.24, 2.45) is 11.3 Å². The Morgan fingerprint density at radius 3 is 2.63 bits per heavy atom. The molecule has 3 heteroatoms. The Morgan fingerprint density at radius 2 is 2.05 bits per heavy atom. The van der Waals surface area contributed by atoms with E-state index in [1.54, 1.807) is 0 Å². The standard InChI is InChI=1S/C16H31NO2/c1-12(2)17-8-6-7-15(18)19-14-9-13(3)10-16(4,5)11-14/h12-14,17H,6-11H2,1-5H3. The van der Waals surface area contributed by atoms with E-state index >= 15 is 0 Å². The summed E-state index contributed by atoms with van der Waals surface area (Å²) in [6, 6.07) is 0.482.